The van der Waals surface area contributed by atoms with E-state index in [0.717, 1.165) is 0 Å². The predicted octanol–water partition coefficient (Wildman–Crippen LogP) is 0.215. The predicted molar refractivity (Wildman–Crippen MR) is 70.3 cm³/mol. The zero-order chi connectivity index (χ0) is 14.8. The summed E-state index contributed by atoms with van der Waals surface area (Å²) >= 11 is 0. The number of aromatic carboxylic acids is 1. The number of nitrogens with zero attached hydrogens (tertiary/aromatic N) is 7. The third kappa shape index (κ3) is 2.36. The minimum absolute atomic E-state index is 0.108. The van der Waals surface area contributed by atoms with Gasteiger partial charge in [-0.3, -0.25) is 9.67 Å². The van der Waals surface area contributed by atoms with Crippen LogP contribution in [-0.2, 0) is 13.6 Å². The van der Waals surface area contributed by atoms with Crippen molar-refractivity contribution < 1.29 is 9.90 Å². The van der Waals surface area contributed by atoms with Crippen LogP contribution in [0.2, 0.25) is 0 Å². The summed E-state index contributed by atoms with van der Waals surface area (Å²) in [6.07, 6.45) is 4.59. The van der Waals surface area contributed by atoms with Crippen molar-refractivity contribution in [2.24, 2.45) is 7.05 Å². The molecule has 0 aliphatic carbocycles. The number of pyridine rings is 1. The van der Waals surface area contributed by atoms with Crippen molar-refractivity contribution in [3.63, 3.8) is 0 Å². The van der Waals surface area contributed by atoms with E-state index in [4.69, 9.17) is 0 Å². The Morgan fingerprint density at radius 3 is 2.71 bits per heavy atom. The first-order valence-corrected chi connectivity index (χ1v) is 6.07. The van der Waals surface area contributed by atoms with Gasteiger partial charge in [0.05, 0.1) is 0 Å². The molecule has 21 heavy (non-hydrogen) atoms. The number of carboxylic acid groups (broad SMARTS) is 1. The molecule has 3 rings (SSSR count). The molecule has 9 nitrogen and oxygen atoms in total. The SMILES string of the molecule is Cn1ncnc1Cn1nnc(C(=O)O)c1-c1ccncc1. The average Bonchev–Trinajstić information content (AvgIpc) is 3.07. The van der Waals surface area contributed by atoms with Crippen molar-refractivity contribution in [3.05, 3.63) is 42.4 Å². The summed E-state index contributed by atoms with van der Waals surface area (Å²) in [6, 6.07) is 3.41. The van der Waals surface area contributed by atoms with Gasteiger partial charge in [-0.2, -0.15) is 5.10 Å². The standard InChI is InChI=1S/C12H11N7O2/c1-18-9(14-7-15-18)6-19-11(8-2-4-13-5-3-8)10(12(20)21)16-17-19/h2-5,7H,6H2,1H3,(H,20,21). The molecular formula is C12H11N7O2. The maximum atomic E-state index is 11.3. The van der Waals surface area contributed by atoms with E-state index in [-0.39, 0.29) is 12.2 Å². The molecular weight excluding hydrogens is 274 g/mol. The Hall–Kier alpha value is -3.10. The third-order valence-corrected chi connectivity index (χ3v) is 2.99. The van der Waals surface area contributed by atoms with E-state index in [2.05, 4.69) is 25.4 Å². The van der Waals surface area contributed by atoms with Crippen LogP contribution in [0.25, 0.3) is 11.3 Å². The Morgan fingerprint density at radius 2 is 2.10 bits per heavy atom. The molecule has 0 aliphatic heterocycles. The van der Waals surface area contributed by atoms with E-state index in [0.29, 0.717) is 17.1 Å². The molecule has 0 unspecified atom stereocenters. The fraction of sp³-hybridized carbons (Fsp3) is 0.167. The van der Waals surface area contributed by atoms with Crippen LogP contribution in [0.15, 0.2) is 30.9 Å². The molecule has 3 aromatic heterocycles. The van der Waals surface area contributed by atoms with Gasteiger partial charge < -0.3 is 5.11 Å². The maximum absolute atomic E-state index is 11.3. The lowest BCUT2D eigenvalue weighted by molar-refractivity contribution is 0.0691. The molecule has 0 bridgehead atoms. The second kappa shape index (κ2) is 5.12. The van der Waals surface area contributed by atoms with Crippen LogP contribution >= 0.6 is 0 Å². The van der Waals surface area contributed by atoms with Crippen LogP contribution in [0, 0.1) is 0 Å². The normalized spacial score (nSPS) is 10.7. The van der Waals surface area contributed by atoms with Crippen molar-refractivity contribution in [2.75, 3.05) is 0 Å². The first kappa shape index (κ1) is 12.9. The number of hydrogen-bond donors (Lipinski definition) is 1. The number of hydrogen-bond acceptors (Lipinski definition) is 6. The highest BCUT2D eigenvalue weighted by atomic mass is 16.4. The molecule has 106 valence electrons. The lowest BCUT2D eigenvalue weighted by atomic mass is 10.1. The van der Waals surface area contributed by atoms with Crippen molar-refractivity contribution in [1.82, 2.24) is 34.7 Å². The number of rotatable bonds is 4. The lowest BCUT2D eigenvalue weighted by Crippen LogP contribution is -2.10. The second-order valence-corrected chi connectivity index (χ2v) is 4.29. The molecule has 0 saturated heterocycles. The van der Waals surface area contributed by atoms with Crippen LogP contribution in [0.3, 0.4) is 0 Å². The van der Waals surface area contributed by atoms with Crippen LogP contribution in [-0.4, -0.2) is 45.8 Å². The molecule has 1 N–H and O–H groups in total. The largest absolute Gasteiger partial charge is 0.476 e. The quantitative estimate of drug-likeness (QED) is 0.729. The van der Waals surface area contributed by atoms with Crippen molar-refractivity contribution in [1.29, 1.82) is 0 Å². The van der Waals surface area contributed by atoms with Gasteiger partial charge in [0.1, 0.15) is 24.4 Å². The van der Waals surface area contributed by atoms with Crippen LogP contribution in [0.4, 0.5) is 0 Å². The fourth-order valence-electron chi connectivity index (χ4n) is 1.96. The molecule has 0 aliphatic rings. The Morgan fingerprint density at radius 1 is 1.33 bits per heavy atom. The highest BCUT2D eigenvalue weighted by Gasteiger charge is 2.21. The van der Waals surface area contributed by atoms with Crippen LogP contribution in [0.1, 0.15) is 16.3 Å². The second-order valence-electron chi connectivity index (χ2n) is 4.29. The number of carbonyl (C=O) groups is 1. The molecule has 0 saturated carbocycles. The van der Waals surface area contributed by atoms with Crippen molar-refractivity contribution >= 4 is 5.97 Å². The van der Waals surface area contributed by atoms with E-state index in [1.165, 1.54) is 11.0 Å². The number of aryl methyl sites for hydroxylation is 1. The van der Waals surface area contributed by atoms with Crippen LogP contribution < -0.4 is 0 Å². The smallest absolute Gasteiger partial charge is 0.358 e. The molecule has 0 radical (unpaired) electrons. The van der Waals surface area contributed by atoms with Crippen molar-refractivity contribution in [3.8, 4) is 11.3 Å². The minimum Gasteiger partial charge on any atom is -0.476 e. The molecule has 0 fully saturated rings. The van der Waals surface area contributed by atoms with E-state index in [1.807, 2.05) is 0 Å². The van der Waals surface area contributed by atoms with E-state index >= 15 is 0 Å². The average molecular weight is 285 g/mol. The molecule has 0 atom stereocenters. The van der Waals surface area contributed by atoms with Gasteiger partial charge in [0.25, 0.3) is 0 Å². The van der Waals surface area contributed by atoms with Gasteiger partial charge in [0, 0.05) is 25.0 Å². The molecule has 9 heteroatoms. The van der Waals surface area contributed by atoms with E-state index < -0.39 is 5.97 Å². The van der Waals surface area contributed by atoms with Gasteiger partial charge in [0.2, 0.25) is 0 Å². The Kier molecular flexibility index (Phi) is 3.14. The molecule has 0 aromatic carbocycles. The summed E-state index contributed by atoms with van der Waals surface area (Å²) in [6.45, 7) is 0.272. The summed E-state index contributed by atoms with van der Waals surface area (Å²) < 4.78 is 3.08. The summed E-state index contributed by atoms with van der Waals surface area (Å²) in [7, 11) is 1.75. The van der Waals surface area contributed by atoms with Gasteiger partial charge in [0.15, 0.2) is 5.69 Å². The van der Waals surface area contributed by atoms with Gasteiger partial charge in [-0.05, 0) is 12.1 Å². The van der Waals surface area contributed by atoms with Gasteiger partial charge >= 0.3 is 5.97 Å². The minimum atomic E-state index is -1.13. The first-order valence-electron chi connectivity index (χ1n) is 6.07. The highest BCUT2D eigenvalue weighted by Crippen LogP contribution is 2.22. The zero-order valence-corrected chi connectivity index (χ0v) is 11.1. The Balaban J connectivity index is 2.09. The molecule has 0 amide bonds. The monoisotopic (exact) mass is 285 g/mol. The van der Waals surface area contributed by atoms with E-state index in [9.17, 15) is 9.90 Å². The molecule has 3 aromatic rings. The number of aromatic nitrogens is 7. The van der Waals surface area contributed by atoms with Crippen LogP contribution in [0.5, 0.6) is 0 Å². The first-order chi connectivity index (χ1) is 10.2. The summed E-state index contributed by atoms with van der Waals surface area (Å²) in [5.74, 6) is -0.488. The van der Waals surface area contributed by atoms with E-state index in [1.54, 1.807) is 36.3 Å². The highest BCUT2D eigenvalue weighted by molar-refractivity contribution is 5.92. The van der Waals surface area contributed by atoms with Gasteiger partial charge in [-0.15, -0.1) is 5.10 Å². The maximum Gasteiger partial charge on any atom is 0.358 e. The Labute approximate surface area is 118 Å². The number of carboxylic acids is 1. The third-order valence-electron chi connectivity index (χ3n) is 2.99. The van der Waals surface area contributed by atoms with Gasteiger partial charge in [-0.1, -0.05) is 5.21 Å². The summed E-state index contributed by atoms with van der Waals surface area (Å²) in [4.78, 5) is 19.3. The zero-order valence-electron chi connectivity index (χ0n) is 11.1. The van der Waals surface area contributed by atoms with Gasteiger partial charge in [-0.25, -0.2) is 14.5 Å². The lowest BCUT2D eigenvalue weighted by Gasteiger charge is -2.06. The Bertz CT molecular complexity index is 778. The molecule has 0 spiro atoms. The fourth-order valence-corrected chi connectivity index (χ4v) is 1.96. The molecule has 3 heterocycles. The topological polar surface area (TPSA) is 112 Å². The summed E-state index contributed by atoms with van der Waals surface area (Å²) in [5.41, 5.74) is 0.978. The van der Waals surface area contributed by atoms with Crippen molar-refractivity contribution in [2.45, 2.75) is 6.54 Å². The summed E-state index contributed by atoms with van der Waals surface area (Å²) in [5, 5.41) is 20.9.